The Morgan fingerprint density at radius 3 is 2.61 bits per heavy atom. The van der Waals surface area contributed by atoms with Crippen LogP contribution in [0.4, 0.5) is 17.3 Å². The lowest BCUT2D eigenvalue weighted by molar-refractivity contribution is -0.119. The Kier molecular flexibility index (Phi) is 7.31. The van der Waals surface area contributed by atoms with Crippen LogP contribution in [-0.4, -0.2) is 40.6 Å². The summed E-state index contributed by atoms with van der Waals surface area (Å²) in [6, 6.07) is 11.4. The summed E-state index contributed by atoms with van der Waals surface area (Å²) < 4.78 is 0. The van der Waals surface area contributed by atoms with Crippen molar-refractivity contribution in [3.8, 4) is 0 Å². The van der Waals surface area contributed by atoms with E-state index >= 15 is 0 Å². The summed E-state index contributed by atoms with van der Waals surface area (Å²) >= 11 is 14.1. The van der Waals surface area contributed by atoms with Gasteiger partial charge in [-0.2, -0.15) is 0 Å². The molecule has 7 nitrogen and oxygen atoms in total. The highest BCUT2D eigenvalue weighted by atomic mass is 35.5. The number of aromatic nitrogens is 2. The third-order valence-electron chi connectivity index (χ3n) is 7.34. The van der Waals surface area contributed by atoms with Gasteiger partial charge in [0.1, 0.15) is 10.8 Å². The van der Waals surface area contributed by atoms with Gasteiger partial charge in [-0.3, -0.25) is 14.5 Å². The predicted molar refractivity (Wildman–Crippen MR) is 152 cm³/mol. The van der Waals surface area contributed by atoms with E-state index in [1.165, 1.54) is 23.5 Å². The molecule has 2 aromatic carbocycles. The molecule has 6 rings (SSSR count). The number of hydrogen-bond acceptors (Lipinski definition) is 7. The van der Waals surface area contributed by atoms with Gasteiger partial charge in [-0.25, -0.2) is 9.97 Å². The smallest absolute Gasteiger partial charge is 0.263 e. The van der Waals surface area contributed by atoms with E-state index in [1.54, 1.807) is 23.1 Å². The Hall–Kier alpha value is -2.65. The molecule has 1 saturated heterocycles. The number of amides is 1. The SMILES string of the molecule is O=C(Cc1cc(Nc2ncc3c(n2)SCN(c2c(Cl)cccc2Cl)C3=O)ccc1C1CCNCC1)C1CC1. The van der Waals surface area contributed by atoms with Crippen LogP contribution in [0.5, 0.6) is 0 Å². The molecule has 1 aliphatic carbocycles. The summed E-state index contributed by atoms with van der Waals surface area (Å²) in [6.07, 6.45) is 6.19. The molecule has 3 aromatic rings. The molecule has 196 valence electrons. The predicted octanol–water partition coefficient (Wildman–Crippen LogP) is 6.23. The second-order valence-corrected chi connectivity index (χ2v) is 11.7. The molecule has 1 amide bonds. The Morgan fingerprint density at radius 2 is 1.87 bits per heavy atom. The molecular weight excluding hydrogens is 541 g/mol. The van der Waals surface area contributed by atoms with Gasteiger partial charge in [-0.15, -0.1) is 0 Å². The number of carbonyl (C=O) groups excluding carboxylic acids is 2. The van der Waals surface area contributed by atoms with Gasteiger partial charge in [0, 0.05) is 24.2 Å². The number of nitrogens with zero attached hydrogens (tertiary/aromatic N) is 3. The Balaban J connectivity index is 1.24. The largest absolute Gasteiger partial charge is 0.324 e. The average Bonchev–Trinajstić information content (AvgIpc) is 3.76. The summed E-state index contributed by atoms with van der Waals surface area (Å²) in [5.74, 6) is 1.52. The number of anilines is 3. The van der Waals surface area contributed by atoms with Crippen LogP contribution in [0.3, 0.4) is 0 Å². The maximum Gasteiger partial charge on any atom is 0.263 e. The van der Waals surface area contributed by atoms with Crippen LogP contribution in [0.1, 0.15) is 53.1 Å². The summed E-state index contributed by atoms with van der Waals surface area (Å²) in [7, 11) is 0. The standard InChI is InChI=1S/C28H27Cl2N5O2S/c29-22-2-1-3-23(30)25(22)35-15-38-26-21(27(35)37)14-32-28(34-26)33-19-6-7-20(16-8-10-31-11-9-16)18(12-19)13-24(36)17-4-5-17/h1-3,6-7,12,14,16-17,31H,4-5,8-11,13,15H2,(H,32,33,34). The van der Waals surface area contributed by atoms with E-state index in [4.69, 9.17) is 23.2 Å². The Labute approximate surface area is 235 Å². The van der Waals surface area contributed by atoms with Crippen molar-refractivity contribution in [2.45, 2.75) is 43.0 Å². The molecule has 10 heteroatoms. The van der Waals surface area contributed by atoms with Gasteiger partial charge in [0.2, 0.25) is 5.95 Å². The van der Waals surface area contributed by atoms with Crippen molar-refractivity contribution in [2.24, 2.45) is 5.92 Å². The van der Waals surface area contributed by atoms with Crippen LogP contribution in [0, 0.1) is 5.92 Å². The molecule has 1 aromatic heterocycles. The van der Waals surface area contributed by atoms with E-state index in [9.17, 15) is 9.59 Å². The number of Topliss-reactive ketones (excluding diaryl/α,β-unsaturated/α-hetero) is 1. The normalized spacial score (nSPS) is 17.8. The Morgan fingerprint density at radius 1 is 1.11 bits per heavy atom. The van der Waals surface area contributed by atoms with Crippen LogP contribution >= 0.6 is 35.0 Å². The van der Waals surface area contributed by atoms with E-state index in [2.05, 4.69) is 32.7 Å². The van der Waals surface area contributed by atoms with Crippen molar-refractivity contribution in [2.75, 3.05) is 29.2 Å². The fraction of sp³-hybridized carbons (Fsp3) is 0.357. The number of benzene rings is 2. The van der Waals surface area contributed by atoms with Crippen LogP contribution in [0.25, 0.3) is 0 Å². The minimum absolute atomic E-state index is 0.228. The number of ketones is 1. The molecule has 3 heterocycles. The van der Waals surface area contributed by atoms with Crippen molar-refractivity contribution in [1.29, 1.82) is 0 Å². The second-order valence-electron chi connectivity index (χ2n) is 9.97. The topological polar surface area (TPSA) is 87.2 Å². The molecule has 0 spiro atoms. The first-order valence-electron chi connectivity index (χ1n) is 12.9. The summed E-state index contributed by atoms with van der Waals surface area (Å²) in [5, 5.41) is 8.15. The highest BCUT2D eigenvalue weighted by Crippen LogP contribution is 2.40. The van der Waals surface area contributed by atoms with Crippen molar-refractivity contribution >= 4 is 64.0 Å². The number of carbonyl (C=O) groups is 2. The number of thioether (sulfide) groups is 1. The molecule has 0 unspecified atom stereocenters. The number of para-hydroxylation sites is 1. The average molecular weight is 569 g/mol. The number of piperidine rings is 1. The molecule has 0 radical (unpaired) electrons. The first-order valence-corrected chi connectivity index (χ1v) is 14.6. The summed E-state index contributed by atoms with van der Waals surface area (Å²) in [6.45, 7) is 2.00. The van der Waals surface area contributed by atoms with E-state index in [0.717, 1.165) is 50.0 Å². The molecule has 2 fully saturated rings. The Bertz CT molecular complexity index is 1390. The van der Waals surface area contributed by atoms with Crippen molar-refractivity contribution in [3.05, 3.63) is 69.3 Å². The van der Waals surface area contributed by atoms with E-state index < -0.39 is 0 Å². The molecule has 3 aliphatic rings. The molecule has 2 N–H and O–H groups in total. The highest BCUT2D eigenvalue weighted by Gasteiger charge is 2.32. The molecule has 1 saturated carbocycles. The van der Waals surface area contributed by atoms with Crippen LogP contribution in [-0.2, 0) is 11.2 Å². The highest BCUT2D eigenvalue weighted by molar-refractivity contribution is 7.99. The van der Waals surface area contributed by atoms with Crippen molar-refractivity contribution in [1.82, 2.24) is 15.3 Å². The first-order chi connectivity index (χ1) is 18.5. The zero-order valence-corrected chi connectivity index (χ0v) is 23.0. The molecule has 0 bridgehead atoms. The molecular formula is C28H27Cl2N5O2S. The van der Waals surface area contributed by atoms with Gasteiger partial charge in [0.15, 0.2) is 0 Å². The molecule has 0 atom stereocenters. The number of halogens is 2. The lowest BCUT2D eigenvalue weighted by atomic mass is 9.85. The maximum atomic E-state index is 13.2. The van der Waals surface area contributed by atoms with Gasteiger partial charge < -0.3 is 10.6 Å². The second kappa shape index (κ2) is 10.8. The van der Waals surface area contributed by atoms with Gasteiger partial charge in [0.25, 0.3) is 5.91 Å². The van der Waals surface area contributed by atoms with Gasteiger partial charge >= 0.3 is 0 Å². The number of nitrogens with one attached hydrogen (secondary N) is 2. The zero-order valence-electron chi connectivity index (χ0n) is 20.7. The fourth-order valence-corrected chi connectivity index (χ4v) is 6.71. The third-order valence-corrected chi connectivity index (χ3v) is 8.92. The molecule has 2 aliphatic heterocycles. The van der Waals surface area contributed by atoms with Crippen LogP contribution < -0.4 is 15.5 Å². The zero-order chi connectivity index (χ0) is 26.2. The maximum absolute atomic E-state index is 13.2. The van der Waals surface area contributed by atoms with E-state index in [0.29, 0.717) is 56.3 Å². The van der Waals surface area contributed by atoms with Crippen LogP contribution in [0.15, 0.2) is 47.6 Å². The summed E-state index contributed by atoms with van der Waals surface area (Å²) in [4.78, 5) is 36.6. The van der Waals surface area contributed by atoms with Crippen molar-refractivity contribution in [3.63, 3.8) is 0 Å². The van der Waals surface area contributed by atoms with Gasteiger partial charge in [-0.1, -0.05) is 47.1 Å². The minimum atomic E-state index is -0.243. The van der Waals surface area contributed by atoms with E-state index in [1.807, 2.05) is 6.07 Å². The quantitative estimate of drug-likeness (QED) is 0.327. The number of hydrogen-bond donors (Lipinski definition) is 2. The number of fused-ring (bicyclic) bond motifs is 1. The van der Waals surface area contributed by atoms with Crippen LogP contribution in [0.2, 0.25) is 10.0 Å². The van der Waals surface area contributed by atoms with Gasteiger partial charge in [0.05, 0.1) is 27.2 Å². The van der Waals surface area contributed by atoms with Crippen molar-refractivity contribution < 1.29 is 9.59 Å². The lowest BCUT2D eigenvalue weighted by Gasteiger charge is -2.28. The van der Waals surface area contributed by atoms with Gasteiger partial charge in [-0.05, 0) is 80.1 Å². The number of rotatable bonds is 7. The lowest BCUT2D eigenvalue weighted by Crippen LogP contribution is -2.35. The fourth-order valence-electron chi connectivity index (χ4n) is 5.16. The first kappa shape index (κ1) is 25.6. The minimum Gasteiger partial charge on any atom is -0.324 e. The monoisotopic (exact) mass is 567 g/mol. The third kappa shape index (κ3) is 5.27. The van der Waals surface area contributed by atoms with E-state index in [-0.39, 0.29) is 11.8 Å². The summed E-state index contributed by atoms with van der Waals surface area (Å²) in [5.41, 5.74) is 4.09. The molecule has 38 heavy (non-hydrogen) atoms.